The monoisotopic (exact) mass is 277 g/mol. The molecule has 0 saturated carbocycles. The number of hydrogen-bond acceptors (Lipinski definition) is 5. The van der Waals surface area contributed by atoms with E-state index < -0.39 is 19.7 Å². The summed E-state index contributed by atoms with van der Waals surface area (Å²) in [5.41, 5.74) is 5.86. The topological polar surface area (TPSA) is 94.3 Å². The fourth-order valence-corrected chi connectivity index (χ4v) is 3.55. The molecular weight excluding hydrogens is 262 g/mol. The molecule has 1 rings (SSSR count). The maximum Gasteiger partial charge on any atom is 0.178 e. The molecule has 96 valence electrons. The standard InChI is InChI=1S/C10H15NO4S2/c1-16(12,13)6-3-7-17(14,15)10-5-2-4-9(11)8-10/h2,4-5,8H,3,6-7,11H2,1H3. The lowest BCUT2D eigenvalue weighted by molar-refractivity contribution is 0.592. The van der Waals surface area contributed by atoms with E-state index in [1.165, 1.54) is 12.1 Å². The normalized spacial score (nSPS) is 12.5. The Morgan fingerprint density at radius 1 is 1.12 bits per heavy atom. The highest BCUT2D eigenvalue weighted by Crippen LogP contribution is 2.15. The van der Waals surface area contributed by atoms with Crippen LogP contribution in [-0.4, -0.2) is 34.6 Å². The number of benzene rings is 1. The van der Waals surface area contributed by atoms with Crippen LogP contribution in [0.15, 0.2) is 29.2 Å². The van der Waals surface area contributed by atoms with Gasteiger partial charge in [-0.15, -0.1) is 0 Å². The molecule has 0 aliphatic rings. The molecule has 0 amide bonds. The smallest absolute Gasteiger partial charge is 0.178 e. The van der Waals surface area contributed by atoms with Crippen molar-refractivity contribution in [2.24, 2.45) is 0 Å². The van der Waals surface area contributed by atoms with Gasteiger partial charge in [0.2, 0.25) is 0 Å². The summed E-state index contributed by atoms with van der Waals surface area (Å²) in [5.74, 6) is -0.321. The fraction of sp³-hybridized carbons (Fsp3) is 0.400. The quantitative estimate of drug-likeness (QED) is 0.790. The molecule has 0 radical (unpaired) electrons. The summed E-state index contributed by atoms with van der Waals surface area (Å²) in [6, 6.07) is 5.97. The summed E-state index contributed by atoms with van der Waals surface area (Å²) in [6.07, 6.45) is 1.18. The van der Waals surface area contributed by atoms with E-state index in [0.717, 1.165) is 6.26 Å². The van der Waals surface area contributed by atoms with Crippen molar-refractivity contribution in [1.82, 2.24) is 0 Å². The van der Waals surface area contributed by atoms with E-state index in [9.17, 15) is 16.8 Å². The van der Waals surface area contributed by atoms with Gasteiger partial charge in [0.15, 0.2) is 9.84 Å². The Kier molecular flexibility index (Phi) is 4.16. The Labute approximate surface area is 101 Å². The summed E-state index contributed by atoms with van der Waals surface area (Å²) in [7, 11) is -6.58. The van der Waals surface area contributed by atoms with Gasteiger partial charge < -0.3 is 5.73 Å². The van der Waals surface area contributed by atoms with Crippen molar-refractivity contribution < 1.29 is 16.8 Å². The first-order valence-electron chi connectivity index (χ1n) is 4.97. The maximum atomic E-state index is 11.8. The highest BCUT2D eigenvalue weighted by Gasteiger charge is 2.15. The van der Waals surface area contributed by atoms with Crippen LogP contribution in [0, 0.1) is 0 Å². The minimum atomic E-state index is -3.45. The van der Waals surface area contributed by atoms with Crippen molar-refractivity contribution in [3.8, 4) is 0 Å². The van der Waals surface area contributed by atoms with Gasteiger partial charge in [0.25, 0.3) is 0 Å². The zero-order chi connectivity index (χ0) is 13.1. The Bertz CT molecular complexity index is 590. The molecule has 0 saturated heterocycles. The van der Waals surface area contributed by atoms with Crippen LogP contribution in [0.4, 0.5) is 5.69 Å². The van der Waals surface area contributed by atoms with Gasteiger partial charge in [0.05, 0.1) is 16.4 Å². The van der Waals surface area contributed by atoms with E-state index in [1.54, 1.807) is 12.1 Å². The summed E-state index contributed by atoms with van der Waals surface area (Å²) >= 11 is 0. The summed E-state index contributed by atoms with van der Waals surface area (Å²) < 4.78 is 45.4. The van der Waals surface area contributed by atoms with Gasteiger partial charge in [-0.25, -0.2) is 16.8 Å². The third-order valence-electron chi connectivity index (χ3n) is 2.15. The number of nitrogens with two attached hydrogens (primary N) is 1. The predicted octanol–water partition coefficient (Wildman–Crippen LogP) is 0.477. The summed E-state index contributed by atoms with van der Waals surface area (Å²) in [4.78, 5) is 0.131. The number of sulfone groups is 2. The van der Waals surface area contributed by atoms with Crippen LogP contribution in [0.1, 0.15) is 6.42 Å². The lowest BCUT2D eigenvalue weighted by Gasteiger charge is -2.04. The van der Waals surface area contributed by atoms with Gasteiger partial charge in [-0.1, -0.05) is 6.07 Å². The Balaban J connectivity index is 2.77. The molecule has 1 aromatic carbocycles. The fourth-order valence-electron chi connectivity index (χ4n) is 1.34. The first kappa shape index (κ1) is 14.0. The van der Waals surface area contributed by atoms with Gasteiger partial charge in [-0.3, -0.25) is 0 Å². The van der Waals surface area contributed by atoms with Crippen LogP contribution in [0.25, 0.3) is 0 Å². The van der Waals surface area contributed by atoms with Gasteiger partial charge in [0.1, 0.15) is 9.84 Å². The predicted molar refractivity (Wildman–Crippen MR) is 67.2 cm³/mol. The van der Waals surface area contributed by atoms with Crippen LogP contribution in [0.3, 0.4) is 0 Å². The van der Waals surface area contributed by atoms with Crippen molar-refractivity contribution in [2.45, 2.75) is 11.3 Å². The van der Waals surface area contributed by atoms with E-state index >= 15 is 0 Å². The van der Waals surface area contributed by atoms with E-state index in [1.807, 2.05) is 0 Å². The van der Waals surface area contributed by atoms with Crippen molar-refractivity contribution in [3.05, 3.63) is 24.3 Å². The van der Waals surface area contributed by atoms with E-state index in [0.29, 0.717) is 5.69 Å². The van der Waals surface area contributed by atoms with Crippen LogP contribution in [0.2, 0.25) is 0 Å². The van der Waals surface area contributed by atoms with E-state index in [2.05, 4.69) is 0 Å². The maximum absolute atomic E-state index is 11.8. The minimum absolute atomic E-state index is 0.0932. The van der Waals surface area contributed by atoms with Gasteiger partial charge in [-0.2, -0.15) is 0 Å². The highest BCUT2D eigenvalue weighted by molar-refractivity contribution is 7.92. The van der Waals surface area contributed by atoms with Crippen molar-refractivity contribution in [1.29, 1.82) is 0 Å². The third kappa shape index (κ3) is 4.74. The second kappa shape index (κ2) is 5.05. The number of nitrogen functional groups attached to an aromatic ring is 1. The molecule has 1 aromatic rings. The molecule has 0 unspecified atom stereocenters. The second-order valence-electron chi connectivity index (χ2n) is 3.87. The van der Waals surface area contributed by atoms with Crippen LogP contribution in [0.5, 0.6) is 0 Å². The SMILES string of the molecule is CS(=O)(=O)CCCS(=O)(=O)c1cccc(N)c1. The lowest BCUT2D eigenvalue weighted by Crippen LogP contribution is -2.12. The number of anilines is 1. The van der Waals surface area contributed by atoms with Gasteiger partial charge >= 0.3 is 0 Å². The average Bonchev–Trinajstić information content (AvgIpc) is 2.15. The molecular formula is C10H15NO4S2. The third-order valence-corrected chi connectivity index (χ3v) is 4.97. The summed E-state index contributed by atoms with van der Waals surface area (Å²) in [5, 5.41) is 0. The zero-order valence-electron chi connectivity index (χ0n) is 9.46. The minimum Gasteiger partial charge on any atom is -0.399 e. The molecule has 0 aromatic heterocycles. The van der Waals surface area contributed by atoms with Crippen molar-refractivity contribution in [3.63, 3.8) is 0 Å². The largest absolute Gasteiger partial charge is 0.399 e. The van der Waals surface area contributed by atoms with Crippen LogP contribution < -0.4 is 5.73 Å². The number of rotatable bonds is 5. The molecule has 0 fully saturated rings. The molecule has 0 spiro atoms. The van der Waals surface area contributed by atoms with Gasteiger partial charge in [0, 0.05) is 11.9 Å². The molecule has 17 heavy (non-hydrogen) atoms. The molecule has 5 nitrogen and oxygen atoms in total. The van der Waals surface area contributed by atoms with Crippen molar-refractivity contribution >= 4 is 25.4 Å². The molecule has 0 bridgehead atoms. The highest BCUT2D eigenvalue weighted by atomic mass is 32.2. The molecule has 0 heterocycles. The molecule has 0 aliphatic heterocycles. The van der Waals surface area contributed by atoms with E-state index in [4.69, 9.17) is 5.73 Å². The first-order chi connectivity index (χ1) is 7.71. The lowest BCUT2D eigenvalue weighted by atomic mass is 10.3. The molecule has 0 atom stereocenters. The average molecular weight is 277 g/mol. The molecule has 7 heteroatoms. The molecule has 0 aliphatic carbocycles. The summed E-state index contributed by atoms with van der Waals surface area (Å²) in [6.45, 7) is 0. The van der Waals surface area contributed by atoms with Gasteiger partial charge in [-0.05, 0) is 24.6 Å². The Hall–Kier alpha value is -1.08. The zero-order valence-corrected chi connectivity index (χ0v) is 11.1. The second-order valence-corrected chi connectivity index (χ2v) is 8.24. The Morgan fingerprint density at radius 2 is 1.76 bits per heavy atom. The first-order valence-corrected chi connectivity index (χ1v) is 8.68. The van der Waals surface area contributed by atoms with E-state index in [-0.39, 0.29) is 22.8 Å². The van der Waals surface area contributed by atoms with Crippen LogP contribution in [-0.2, 0) is 19.7 Å². The Morgan fingerprint density at radius 3 is 2.29 bits per heavy atom. The van der Waals surface area contributed by atoms with Crippen molar-refractivity contribution in [2.75, 3.05) is 23.5 Å². The number of hydrogen-bond donors (Lipinski definition) is 1. The molecule has 2 N–H and O–H groups in total. The van der Waals surface area contributed by atoms with Crippen LogP contribution >= 0.6 is 0 Å².